The minimum atomic E-state index is -0.304. The van der Waals surface area contributed by atoms with Gasteiger partial charge in [0.2, 0.25) is 5.88 Å². The second kappa shape index (κ2) is 10.9. The molecule has 1 fully saturated rings. The van der Waals surface area contributed by atoms with Crippen LogP contribution in [0.4, 0.5) is 5.69 Å². The summed E-state index contributed by atoms with van der Waals surface area (Å²) in [5.74, 6) is 0.212. The van der Waals surface area contributed by atoms with Crippen LogP contribution in [0, 0.1) is 0 Å². The lowest BCUT2D eigenvalue weighted by Crippen LogP contribution is -2.21. The first-order valence-corrected chi connectivity index (χ1v) is 11.5. The zero-order valence-electron chi connectivity index (χ0n) is 19.7. The molecule has 8 nitrogen and oxygen atoms in total. The summed E-state index contributed by atoms with van der Waals surface area (Å²) in [6.45, 7) is 11.2. The SMILES string of the molecule is C=N/C=C(\C=C(/C)c1ccc2[nH]nc(C(=O)Nc3ccc(OCC)nc3)c2c1)CN1CCCC1. The number of rotatable bonds is 9. The van der Waals surface area contributed by atoms with Gasteiger partial charge in [0.25, 0.3) is 5.91 Å². The van der Waals surface area contributed by atoms with Crippen LogP contribution in [0.2, 0.25) is 0 Å². The van der Waals surface area contributed by atoms with Gasteiger partial charge in [0, 0.05) is 24.2 Å². The Kier molecular flexibility index (Phi) is 7.49. The highest BCUT2D eigenvalue weighted by molar-refractivity contribution is 6.11. The van der Waals surface area contributed by atoms with Crippen molar-refractivity contribution in [2.75, 3.05) is 31.6 Å². The fourth-order valence-corrected chi connectivity index (χ4v) is 4.11. The van der Waals surface area contributed by atoms with Crippen LogP contribution in [0.3, 0.4) is 0 Å². The number of hydrogen-bond donors (Lipinski definition) is 2. The number of amides is 1. The highest BCUT2D eigenvalue weighted by Gasteiger charge is 2.16. The van der Waals surface area contributed by atoms with Gasteiger partial charge in [-0.15, -0.1) is 0 Å². The maximum absolute atomic E-state index is 12.9. The quantitative estimate of drug-likeness (QED) is 0.358. The van der Waals surface area contributed by atoms with E-state index in [9.17, 15) is 4.79 Å². The van der Waals surface area contributed by atoms with Crippen LogP contribution in [0.15, 0.2) is 59.4 Å². The molecule has 2 N–H and O–H groups in total. The second-order valence-electron chi connectivity index (χ2n) is 8.30. The number of anilines is 1. The number of nitrogens with zero attached hydrogens (tertiary/aromatic N) is 4. The minimum Gasteiger partial charge on any atom is -0.478 e. The minimum absolute atomic E-state index is 0.304. The van der Waals surface area contributed by atoms with E-state index in [1.54, 1.807) is 18.3 Å². The molecule has 0 radical (unpaired) electrons. The third-order valence-corrected chi connectivity index (χ3v) is 5.78. The Bertz CT molecular complexity index is 1220. The number of carbonyl (C=O) groups excluding carboxylic acids is 1. The van der Waals surface area contributed by atoms with Crippen molar-refractivity contribution in [2.24, 2.45) is 4.99 Å². The third-order valence-electron chi connectivity index (χ3n) is 5.78. The summed E-state index contributed by atoms with van der Waals surface area (Å²) < 4.78 is 5.35. The fraction of sp³-hybridized carbons (Fsp3) is 0.308. The Morgan fingerprint density at radius 1 is 1.29 bits per heavy atom. The van der Waals surface area contributed by atoms with Crippen molar-refractivity contribution in [1.29, 1.82) is 0 Å². The van der Waals surface area contributed by atoms with Gasteiger partial charge in [0.1, 0.15) is 0 Å². The van der Waals surface area contributed by atoms with Crippen LogP contribution in [0.5, 0.6) is 5.88 Å². The van der Waals surface area contributed by atoms with E-state index in [4.69, 9.17) is 4.74 Å². The summed E-state index contributed by atoms with van der Waals surface area (Å²) in [6, 6.07) is 9.44. The molecule has 34 heavy (non-hydrogen) atoms. The molecule has 1 aromatic carbocycles. The number of benzene rings is 1. The number of ether oxygens (including phenoxy) is 1. The molecule has 1 saturated heterocycles. The predicted octanol–water partition coefficient (Wildman–Crippen LogP) is 4.69. The predicted molar refractivity (Wildman–Crippen MR) is 136 cm³/mol. The van der Waals surface area contributed by atoms with Gasteiger partial charge in [-0.1, -0.05) is 12.1 Å². The Morgan fingerprint density at radius 3 is 2.82 bits per heavy atom. The van der Waals surface area contributed by atoms with Crippen molar-refractivity contribution >= 4 is 34.8 Å². The maximum Gasteiger partial charge on any atom is 0.276 e. The number of aliphatic imine (C=N–C) groups is 1. The average Bonchev–Trinajstić information content (AvgIpc) is 3.50. The van der Waals surface area contributed by atoms with E-state index in [1.165, 1.54) is 12.8 Å². The van der Waals surface area contributed by atoms with Gasteiger partial charge in [0.05, 0.1) is 24.0 Å². The summed E-state index contributed by atoms with van der Waals surface area (Å²) >= 11 is 0. The smallest absolute Gasteiger partial charge is 0.276 e. The van der Waals surface area contributed by atoms with Crippen LogP contribution in [-0.2, 0) is 0 Å². The van der Waals surface area contributed by atoms with Gasteiger partial charge in [-0.3, -0.25) is 19.8 Å². The van der Waals surface area contributed by atoms with Crippen LogP contribution >= 0.6 is 0 Å². The number of carbonyl (C=O) groups is 1. The molecule has 2 aromatic heterocycles. The van der Waals surface area contributed by atoms with Crippen molar-refractivity contribution < 1.29 is 9.53 Å². The molecule has 1 aliphatic heterocycles. The van der Waals surface area contributed by atoms with E-state index < -0.39 is 0 Å². The zero-order chi connectivity index (χ0) is 23.9. The van der Waals surface area contributed by atoms with Gasteiger partial charge in [0.15, 0.2) is 5.69 Å². The monoisotopic (exact) mass is 458 g/mol. The van der Waals surface area contributed by atoms with E-state index >= 15 is 0 Å². The number of nitrogens with one attached hydrogen (secondary N) is 2. The Morgan fingerprint density at radius 2 is 2.12 bits per heavy atom. The molecule has 0 spiro atoms. The summed E-state index contributed by atoms with van der Waals surface area (Å²) in [7, 11) is 0. The summed E-state index contributed by atoms with van der Waals surface area (Å²) in [5, 5.41) is 10.8. The molecule has 0 unspecified atom stereocenters. The number of aromatic nitrogens is 3. The Balaban J connectivity index is 1.55. The largest absolute Gasteiger partial charge is 0.478 e. The topological polar surface area (TPSA) is 95.5 Å². The first-order valence-electron chi connectivity index (χ1n) is 11.5. The lowest BCUT2D eigenvalue weighted by atomic mass is 10.0. The zero-order valence-corrected chi connectivity index (χ0v) is 19.7. The fourth-order valence-electron chi connectivity index (χ4n) is 4.11. The number of fused-ring (bicyclic) bond motifs is 1. The van der Waals surface area contributed by atoms with Crippen LogP contribution < -0.4 is 10.1 Å². The number of allylic oxidation sites excluding steroid dienone is 1. The van der Waals surface area contributed by atoms with Crippen LogP contribution in [0.1, 0.15) is 42.7 Å². The lowest BCUT2D eigenvalue weighted by molar-refractivity contribution is 0.102. The molecule has 4 rings (SSSR count). The average molecular weight is 459 g/mol. The number of likely N-dealkylation sites (tertiary alicyclic amines) is 1. The second-order valence-corrected chi connectivity index (χ2v) is 8.30. The molecule has 0 bridgehead atoms. The molecule has 176 valence electrons. The molecule has 3 heterocycles. The van der Waals surface area contributed by atoms with E-state index in [-0.39, 0.29) is 5.91 Å². The number of H-pyrrole nitrogens is 1. The lowest BCUT2D eigenvalue weighted by Gasteiger charge is -2.15. The molecule has 0 saturated carbocycles. The van der Waals surface area contributed by atoms with Gasteiger partial charge in [-0.2, -0.15) is 5.10 Å². The first kappa shape index (κ1) is 23.4. The molecule has 0 atom stereocenters. The Hall–Kier alpha value is -3.78. The van der Waals surface area contributed by atoms with Gasteiger partial charge in [-0.25, -0.2) is 4.98 Å². The maximum atomic E-state index is 12.9. The summed E-state index contributed by atoms with van der Waals surface area (Å²) in [6.07, 6.45) is 8.01. The van der Waals surface area contributed by atoms with E-state index in [2.05, 4.69) is 50.1 Å². The van der Waals surface area contributed by atoms with Crippen molar-refractivity contribution in [2.45, 2.75) is 26.7 Å². The van der Waals surface area contributed by atoms with Gasteiger partial charge >= 0.3 is 0 Å². The number of pyridine rings is 1. The molecule has 8 heteroatoms. The normalized spacial score (nSPS) is 15.0. The number of aromatic amines is 1. The first-order chi connectivity index (χ1) is 16.6. The molecule has 1 amide bonds. The third kappa shape index (κ3) is 5.58. The molecular formula is C26H30N6O2. The van der Waals surface area contributed by atoms with Crippen LogP contribution in [-0.4, -0.2) is 58.9 Å². The molecule has 1 aliphatic rings. The van der Waals surface area contributed by atoms with E-state index in [0.717, 1.165) is 47.2 Å². The van der Waals surface area contributed by atoms with Crippen molar-refractivity contribution in [3.8, 4) is 5.88 Å². The van der Waals surface area contributed by atoms with Crippen molar-refractivity contribution in [3.05, 3.63) is 65.6 Å². The van der Waals surface area contributed by atoms with E-state index in [1.807, 2.05) is 31.3 Å². The van der Waals surface area contributed by atoms with Crippen molar-refractivity contribution in [1.82, 2.24) is 20.1 Å². The van der Waals surface area contributed by atoms with Crippen molar-refractivity contribution in [3.63, 3.8) is 0 Å². The highest BCUT2D eigenvalue weighted by Crippen LogP contribution is 2.25. The highest BCUT2D eigenvalue weighted by atomic mass is 16.5. The number of hydrogen-bond acceptors (Lipinski definition) is 6. The summed E-state index contributed by atoms with van der Waals surface area (Å²) in [4.78, 5) is 23.5. The molecule has 0 aliphatic carbocycles. The van der Waals surface area contributed by atoms with Gasteiger partial charge < -0.3 is 10.1 Å². The van der Waals surface area contributed by atoms with E-state index in [0.29, 0.717) is 23.9 Å². The molecular weight excluding hydrogens is 428 g/mol. The summed E-state index contributed by atoms with van der Waals surface area (Å²) in [5.41, 5.74) is 4.92. The van der Waals surface area contributed by atoms with Gasteiger partial charge in [-0.05, 0) is 81.4 Å². The Labute approximate surface area is 199 Å². The van der Waals surface area contributed by atoms with Crippen LogP contribution in [0.25, 0.3) is 16.5 Å². The molecule has 3 aromatic rings. The standard InChI is InChI=1S/C26H30N6O2/c1-4-34-24-10-8-21(16-28-24)29-26(33)25-22-14-20(7-9-23(22)30-31-25)18(2)13-19(15-27-3)17-32-11-5-6-12-32/h7-10,13-16H,3-6,11-12,17H2,1-2H3,(H,29,33)(H,30,31)/b18-13+,19-15+.